The highest BCUT2D eigenvalue weighted by atomic mass is 35.5. The summed E-state index contributed by atoms with van der Waals surface area (Å²) in [7, 11) is 0. The van der Waals surface area contributed by atoms with Crippen molar-refractivity contribution in [2.24, 2.45) is 0 Å². The quantitative estimate of drug-likeness (QED) is 0.814. The molecule has 2 aromatic rings. The molecule has 1 N–H and O–H groups in total. The van der Waals surface area contributed by atoms with Crippen molar-refractivity contribution in [3.8, 4) is 0 Å². The topological polar surface area (TPSA) is 12.0 Å². The van der Waals surface area contributed by atoms with E-state index in [9.17, 15) is 0 Å². The molecule has 21 heavy (non-hydrogen) atoms. The normalized spacial score (nSPS) is 16.5. The largest absolute Gasteiger partial charge is 0.304 e. The highest BCUT2D eigenvalue weighted by Gasteiger charge is 2.15. The van der Waals surface area contributed by atoms with Gasteiger partial charge >= 0.3 is 0 Å². The Bertz CT molecular complexity index is 635. The van der Waals surface area contributed by atoms with Crippen LogP contribution >= 0.6 is 11.6 Å². The molecule has 1 nitrogen and oxygen atoms in total. The smallest absolute Gasteiger partial charge is 0.0409 e. The molecule has 0 spiro atoms. The summed E-state index contributed by atoms with van der Waals surface area (Å²) in [6, 6.07) is 15.7. The van der Waals surface area contributed by atoms with Crippen LogP contribution in [0.15, 0.2) is 42.5 Å². The molecule has 0 heterocycles. The standard InChI is InChI=1S/C19H22ClN/c1-13(16-6-4-8-19(20)12-16)21-14(2)17-10-9-15-5-3-7-18(15)11-17/h4,6,8-14,21H,3,5,7H2,1-2H3/t13-,14?/m1/s1. The number of hydrogen-bond acceptors (Lipinski definition) is 1. The van der Waals surface area contributed by atoms with Gasteiger partial charge in [0.15, 0.2) is 0 Å². The first-order valence-electron chi connectivity index (χ1n) is 7.76. The van der Waals surface area contributed by atoms with Crippen LogP contribution in [0.4, 0.5) is 0 Å². The van der Waals surface area contributed by atoms with E-state index in [2.05, 4.69) is 43.4 Å². The SMILES string of the molecule is CC(N[C@H](C)c1cccc(Cl)c1)c1ccc2c(c1)CCC2. The van der Waals surface area contributed by atoms with Crippen molar-refractivity contribution >= 4 is 11.6 Å². The fraction of sp³-hybridized carbons (Fsp3) is 0.368. The lowest BCUT2D eigenvalue weighted by molar-refractivity contribution is 0.494. The predicted octanol–water partition coefficient (Wildman–Crippen LogP) is 5.24. The maximum atomic E-state index is 6.08. The first kappa shape index (κ1) is 14.6. The molecular formula is C19H22ClN. The summed E-state index contributed by atoms with van der Waals surface area (Å²) in [5, 5.41) is 4.47. The Hall–Kier alpha value is -1.31. The van der Waals surface area contributed by atoms with E-state index in [0.29, 0.717) is 6.04 Å². The maximum absolute atomic E-state index is 6.08. The molecule has 0 radical (unpaired) electrons. The Morgan fingerprint density at radius 3 is 2.38 bits per heavy atom. The average Bonchev–Trinajstić information content (AvgIpc) is 2.94. The Balaban J connectivity index is 1.72. The monoisotopic (exact) mass is 299 g/mol. The van der Waals surface area contributed by atoms with Crippen molar-refractivity contribution in [1.82, 2.24) is 5.32 Å². The van der Waals surface area contributed by atoms with Crippen molar-refractivity contribution in [1.29, 1.82) is 0 Å². The molecule has 0 saturated heterocycles. The fourth-order valence-corrected chi connectivity index (χ4v) is 3.40. The van der Waals surface area contributed by atoms with E-state index in [-0.39, 0.29) is 6.04 Å². The summed E-state index contributed by atoms with van der Waals surface area (Å²) in [5.74, 6) is 0. The third-order valence-electron chi connectivity index (χ3n) is 4.47. The van der Waals surface area contributed by atoms with Crippen LogP contribution in [-0.2, 0) is 12.8 Å². The van der Waals surface area contributed by atoms with E-state index in [0.717, 1.165) is 5.02 Å². The van der Waals surface area contributed by atoms with Gasteiger partial charge in [-0.05, 0) is 67.5 Å². The van der Waals surface area contributed by atoms with Crippen LogP contribution in [0.5, 0.6) is 0 Å². The van der Waals surface area contributed by atoms with Crippen molar-refractivity contribution in [2.45, 2.75) is 45.2 Å². The van der Waals surface area contributed by atoms with Gasteiger partial charge in [0, 0.05) is 17.1 Å². The lowest BCUT2D eigenvalue weighted by Gasteiger charge is -2.21. The molecule has 110 valence electrons. The van der Waals surface area contributed by atoms with Gasteiger partial charge in [-0.25, -0.2) is 0 Å². The molecule has 2 heteroatoms. The van der Waals surface area contributed by atoms with E-state index in [1.54, 1.807) is 0 Å². The molecule has 0 aromatic heterocycles. The second-order valence-corrected chi connectivity index (χ2v) is 6.48. The zero-order valence-electron chi connectivity index (χ0n) is 12.7. The number of fused-ring (bicyclic) bond motifs is 1. The molecule has 0 bridgehead atoms. The number of rotatable bonds is 4. The van der Waals surface area contributed by atoms with Gasteiger partial charge in [-0.2, -0.15) is 0 Å². The Morgan fingerprint density at radius 2 is 1.62 bits per heavy atom. The van der Waals surface area contributed by atoms with E-state index in [4.69, 9.17) is 11.6 Å². The van der Waals surface area contributed by atoms with Crippen molar-refractivity contribution < 1.29 is 0 Å². The van der Waals surface area contributed by atoms with Crippen LogP contribution in [0.1, 0.15) is 54.6 Å². The first-order chi connectivity index (χ1) is 10.1. The lowest BCUT2D eigenvalue weighted by atomic mass is 10.0. The minimum absolute atomic E-state index is 0.284. The molecule has 0 amide bonds. The summed E-state index contributed by atoms with van der Waals surface area (Å²) >= 11 is 6.08. The van der Waals surface area contributed by atoms with Gasteiger partial charge in [-0.1, -0.05) is 41.9 Å². The third kappa shape index (κ3) is 3.30. The lowest BCUT2D eigenvalue weighted by Crippen LogP contribution is -2.22. The van der Waals surface area contributed by atoms with Gasteiger partial charge in [-0.3, -0.25) is 0 Å². The summed E-state index contributed by atoms with van der Waals surface area (Å²) in [6.07, 6.45) is 3.79. The average molecular weight is 300 g/mol. The first-order valence-corrected chi connectivity index (χ1v) is 8.14. The highest BCUT2D eigenvalue weighted by molar-refractivity contribution is 6.30. The molecular weight excluding hydrogens is 278 g/mol. The molecule has 2 aromatic carbocycles. The Morgan fingerprint density at radius 1 is 0.905 bits per heavy atom. The van der Waals surface area contributed by atoms with Gasteiger partial charge in [-0.15, -0.1) is 0 Å². The van der Waals surface area contributed by atoms with Crippen molar-refractivity contribution in [3.05, 3.63) is 69.7 Å². The van der Waals surface area contributed by atoms with Crippen molar-refractivity contribution in [2.75, 3.05) is 0 Å². The predicted molar refractivity (Wildman–Crippen MR) is 89.9 cm³/mol. The van der Waals surface area contributed by atoms with Crippen LogP contribution in [0.25, 0.3) is 0 Å². The minimum Gasteiger partial charge on any atom is -0.304 e. The molecule has 1 aliphatic rings. The third-order valence-corrected chi connectivity index (χ3v) is 4.71. The van der Waals surface area contributed by atoms with Gasteiger partial charge in [0.1, 0.15) is 0 Å². The summed E-state index contributed by atoms with van der Waals surface area (Å²) in [6.45, 7) is 4.42. The highest BCUT2D eigenvalue weighted by Crippen LogP contribution is 2.27. The van der Waals surface area contributed by atoms with Crippen LogP contribution in [-0.4, -0.2) is 0 Å². The number of hydrogen-bond donors (Lipinski definition) is 1. The van der Waals surface area contributed by atoms with Crippen LogP contribution in [0, 0.1) is 0 Å². The molecule has 3 rings (SSSR count). The molecule has 2 atom stereocenters. The maximum Gasteiger partial charge on any atom is 0.0409 e. The van der Waals surface area contributed by atoms with Gasteiger partial charge in [0.05, 0.1) is 0 Å². The zero-order valence-corrected chi connectivity index (χ0v) is 13.5. The second-order valence-electron chi connectivity index (χ2n) is 6.05. The fourth-order valence-electron chi connectivity index (χ4n) is 3.20. The number of halogens is 1. The summed E-state index contributed by atoms with van der Waals surface area (Å²) in [4.78, 5) is 0. The second kappa shape index (κ2) is 6.21. The zero-order chi connectivity index (χ0) is 14.8. The van der Waals surface area contributed by atoms with E-state index >= 15 is 0 Å². The van der Waals surface area contributed by atoms with E-state index in [1.165, 1.54) is 41.5 Å². The summed E-state index contributed by atoms with van der Waals surface area (Å²) in [5.41, 5.74) is 5.69. The molecule has 0 saturated carbocycles. The van der Waals surface area contributed by atoms with E-state index < -0.39 is 0 Å². The molecule has 1 aliphatic carbocycles. The Kier molecular flexibility index (Phi) is 4.32. The van der Waals surface area contributed by atoms with Crippen LogP contribution < -0.4 is 5.32 Å². The molecule has 1 unspecified atom stereocenters. The van der Waals surface area contributed by atoms with Crippen molar-refractivity contribution in [3.63, 3.8) is 0 Å². The molecule has 0 aliphatic heterocycles. The van der Waals surface area contributed by atoms with E-state index in [1.807, 2.05) is 18.2 Å². The molecule has 0 fully saturated rings. The number of aryl methyl sites for hydroxylation is 2. The minimum atomic E-state index is 0.284. The van der Waals surface area contributed by atoms with Gasteiger partial charge in [0.2, 0.25) is 0 Å². The number of benzene rings is 2. The van der Waals surface area contributed by atoms with Gasteiger partial charge < -0.3 is 5.32 Å². The number of nitrogens with one attached hydrogen (secondary N) is 1. The summed E-state index contributed by atoms with van der Waals surface area (Å²) < 4.78 is 0. The van der Waals surface area contributed by atoms with Crippen LogP contribution in [0.2, 0.25) is 5.02 Å². The van der Waals surface area contributed by atoms with Crippen LogP contribution in [0.3, 0.4) is 0 Å². The Labute approximate surface area is 132 Å². The van der Waals surface area contributed by atoms with Gasteiger partial charge in [0.25, 0.3) is 0 Å².